The zero-order valence-electron chi connectivity index (χ0n) is 13.5. The van der Waals surface area contributed by atoms with Crippen molar-refractivity contribution in [3.05, 3.63) is 89.7 Å². The highest BCUT2D eigenvalue weighted by Gasteiger charge is 2.09. The second-order valence-corrected chi connectivity index (χ2v) is 5.68. The zero-order valence-corrected chi connectivity index (χ0v) is 13.5. The highest BCUT2D eigenvalue weighted by atomic mass is 15.5. The van der Waals surface area contributed by atoms with Gasteiger partial charge in [0.2, 0.25) is 0 Å². The number of para-hydroxylation sites is 2. The minimum Gasteiger partial charge on any atom is -0.298 e. The molecule has 3 aromatic rings. The fraction of sp³-hybridized carbons (Fsp3) is 0.150. The summed E-state index contributed by atoms with van der Waals surface area (Å²) in [6.07, 6.45) is 0. The van der Waals surface area contributed by atoms with Crippen LogP contribution in [0.5, 0.6) is 0 Å². The van der Waals surface area contributed by atoms with Gasteiger partial charge in [-0.3, -0.25) is 15.4 Å². The summed E-state index contributed by atoms with van der Waals surface area (Å²) in [5.41, 5.74) is 8.98. The van der Waals surface area contributed by atoms with Gasteiger partial charge < -0.3 is 0 Å². The SMILES string of the molecule is Cc1cc(C)nc(CN(Nc2ccccc2)c2ccccc2)c1. The van der Waals surface area contributed by atoms with Gasteiger partial charge in [0.1, 0.15) is 0 Å². The van der Waals surface area contributed by atoms with Crippen molar-refractivity contribution in [1.29, 1.82) is 0 Å². The number of aryl methyl sites for hydroxylation is 2. The Labute approximate surface area is 137 Å². The number of rotatable bonds is 5. The van der Waals surface area contributed by atoms with Crippen LogP contribution in [0.15, 0.2) is 72.8 Å². The number of hydrogen-bond donors (Lipinski definition) is 1. The van der Waals surface area contributed by atoms with E-state index in [0.29, 0.717) is 6.54 Å². The average molecular weight is 303 g/mol. The number of pyridine rings is 1. The summed E-state index contributed by atoms with van der Waals surface area (Å²) >= 11 is 0. The Kier molecular flexibility index (Phi) is 4.57. The maximum atomic E-state index is 4.66. The third-order valence-corrected chi connectivity index (χ3v) is 3.58. The Morgan fingerprint density at radius 1 is 0.870 bits per heavy atom. The molecule has 3 heteroatoms. The summed E-state index contributed by atoms with van der Waals surface area (Å²) in [5, 5.41) is 2.12. The van der Waals surface area contributed by atoms with E-state index < -0.39 is 0 Å². The molecule has 1 heterocycles. The Bertz CT molecular complexity index is 734. The van der Waals surface area contributed by atoms with Crippen LogP contribution in [0.1, 0.15) is 17.0 Å². The first-order valence-corrected chi connectivity index (χ1v) is 7.79. The molecule has 3 nitrogen and oxygen atoms in total. The molecule has 0 radical (unpaired) electrons. The summed E-state index contributed by atoms with van der Waals surface area (Å²) in [7, 11) is 0. The molecule has 0 fully saturated rings. The molecule has 1 aromatic heterocycles. The molecular formula is C20H21N3. The van der Waals surface area contributed by atoms with Gasteiger partial charge in [-0.2, -0.15) is 0 Å². The van der Waals surface area contributed by atoms with E-state index >= 15 is 0 Å². The monoisotopic (exact) mass is 303 g/mol. The lowest BCUT2D eigenvalue weighted by molar-refractivity contribution is 0.862. The summed E-state index contributed by atoms with van der Waals surface area (Å²) in [4.78, 5) is 4.66. The van der Waals surface area contributed by atoms with Gasteiger partial charge in [-0.05, 0) is 55.8 Å². The van der Waals surface area contributed by atoms with Gasteiger partial charge >= 0.3 is 0 Å². The van der Waals surface area contributed by atoms with Gasteiger partial charge in [0.15, 0.2) is 0 Å². The number of hydrazine groups is 1. The van der Waals surface area contributed by atoms with E-state index in [9.17, 15) is 0 Å². The minimum atomic E-state index is 0.696. The molecule has 0 saturated heterocycles. The molecule has 0 aliphatic heterocycles. The van der Waals surface area contributed by atoms with Crippen molar-refractivity contribution in [2.24, 2.45) is 0 Å². The first-order valence-electron chi connectivity index (χ1n) is 7.79. The largest absolute Gasteiger partial charge is 0.298 e. The molecule has 0 atom stereocenters. The maximum absolute atomic E-state index is 4.66. The Morgan fingerprint density at radius 3 is 2.17 bits per heavy atom. The molecule has 0 aliphatic carbocycles. The molecule has 2 aromatic carbocycles. The lowest BCUT2D eigenvalue weighted by Gasteiger charge is -2.26. The molecule has 23 heavy (non-hydrogen) atoms. The molecule has 1 N–H and O–H groups in total. The van der Waals surface area contributed by atoms with E-state index in [0.717, 1.165) is 22.8 Å². The summed E-state index contributed by atoms with van der Waals surface area (Å²) < 4.78 is 0. The fourth-order valence-corrected chi connectivity index (χ4v) is 2.64. The Hall–Kier alpha value is -2.81. The van der Waals surface area contributed by atoms with Crippen LogP contribution in [0, 0.1) is 13.8 Å². The second kappa shape index (κ2) is 6.97. The van der Waals surface area contributed by atoms with Gasteiger partial charge in [-0.15, -0.1) is 0 Å². The quantitative estimate of drug-likeness (QED) is 0.691. The van der Waals surface area contributed by atoms with E-state index in [2.05, 4.69) is 58.7 Å². The molecule has 0 unspecified atom stereocenters. The second-order valence-electron chi connectivity index (χ2n) is 5.68. The predicted octanol–water partition coefficient (Wildman–Crippen LogP) is 4.73. The van der Waals surface area contributed by atoms with Crippen molar-refractivity contribution >= 4 is 11.4 Å². The van der Waals surface area contributed by atoms with Crippen molar-refractivity contribution in [2.75, 3.05) is 10.4 Å². The lowest BCUT2D eigenvalue weighted by atomic mass is 10.2. The van der Waals surface area contributed by atoms with E-state index in [1.165, 1.54) is 5.56 Å². The normalized spacial score (nSPS) is 10.3. The summed E-state index contributed by atoms with van der Waals surface area (Å²) in [5.74, 6) is 0. The minimum absolute atomic E-state index is 0.696. The first-order chi connectivity index (χ1) is 11.2. The lowest BCUT2D eigenvalue weighted by Crippen LogP contribution is -2.29. The van der Waals surface area contributed by atoms with E-state index in [1.807, 2.05) is 43.3 Å². The van der Waals surface area contributed by atoms with Crippen LogP contribution in [-0.2, 0) is 6.54 Å². The number of nitrogens with one attached hydrogen (secondary N) is 1. The molecule has 3 rings (SSSR count). The molecule has 0 spiro atoms. The Morgan fingerprint density at radius 2 is 1.52 bits per heavy atom. The van der Waals surface area contributed by atoms with Crippen LogP contribution >= 0.6 is 0 Å². The zero-order chi connectivity index (χ0) is 16.1. The third kappa shape index (κ3) is 4.10. The van der Waals surface area contributed by atoms with Crippen LogP contribution in [0.3, 0.4) is 0 Å². The first kappa shape index (κ1) is 15.1. The third-order valence-electron chi connectivity index (χ3n) is 3.58. The molecule has 0 aliphatic rings. The standard InChI is InChI=1S/C20H21N3/c1-16-13-17(2)21-19(14-16)15-23(20-11-7-4-8-12-20)22-18-9-5-3-6-10-18/h3-14,22H,15H2,1-2H3. The van der Waals surface area contributed by atoms with Gasteiger partial charge in [0.05, 0.1) is 23.6 Å². The maximum Gasteiger partial charge on any atom is 0.0816 e. The molecule has 0 saturated carbocycles. The number of aromatic nitrogens is 1. The number of benzene rings is 2. The highest BCUT2D eigenvalue weighted by Crippen LogP contribution is 2.19. The van der Waals surface area contributed by atoms with Gasteiger partial charge in [0.25, 0.3) is 0 Å². The van der Waals surface area contributed by atoms with Crippen molar-refractivity contribution in [3.8, 4) is 0 Å². The molecule has 116 valence electrons. The topological polar surface area (TPSA) is 28.2 Å². The van der Waals surface area contributed by atoms with Crippen LogP contribution in [0.25, 0.3) is 0 Å². The van der Waals surface area contributed by atoms with Gasteiger partial charge in [-0.1, -0.05) is 36.4 Å². The van der Waals surface area contributed by atoms with E-state index in [1.54, 1.807) is 0 Å². The smallest absolute Gasteiger partial charge is 0.0816 e. The van der Waals surface area contributed by atoms with Crippen molar-refractivity contribution in [3.63, 3.8) is 0 Å². The van der Waals surface area contributed by atoms with E-state index in [4.69, 9.17) is 0 Å². The van der Waals surface area contributed by atoms with Crippen LogP contribution in [0.4, 0.5) is 11.4 Å². The highest BCUT2D eigenvalue weighted by molar-refractivity contribution is 5.55. The Balaban J connectivity index is 1.88. The van der Waals surface area contributed by atoms with Crippen molar-refractivity contribution in [2.45, 2.75) is 20.4 Å². The van der Waals surface area contributed by atoms with Gasteiger partial charge in [-0.25, -0.2) is 0 Å². The number of anilines is 2. The van der Waals surface area contributed by atoms with E-state index in [-0.39, 0.29) is 0 Å². The number of hydrogen-bond acceptors (Lipinski definition) is 3. The predicted molar refractivity (Wildman–Crippen MR) is 96.4 cm³/mol. The fourth-order valence-electron chi connectivity index (χ4n) is 2.64. The van der Waals surface area contributed by atoms with Crippen molar-refractivity contribution in [1.82, 2.24) is 4.98 Å². The molecule has 0 bridgehead atoms. The van der Waals surface area contributed by atoms with Crippen LogP contribution in [0.2, 0.25) is 0 Å². The number of nitrogens with zero attached hydrogens (tertiary/aromatic N) is 2. The average Bonchev–Trinajstić information content (AvgIpc) is 2.55. The van der Waals surface area contributed by atoms with Gasteiger partial charge in [0, 0.05) is 5.69 Å². The summed E-state index contributed by atoms with van der Waals surface area (Å²) in [6, 6.07) is 24.7. The molecule has 0 amide bonds. The van der Waals surface area contributed by atoms with Crippen LogP contribution in [-0.4, -0.2) is 4.98 Å². The molecular weight excluding hydrogens is 282 g/mol. The van der Waals surface area contributed by atoms with Crippen molar-refractivity contribution < 1.29 is 0 Å². The van der Waals surface area contributed by atoms with Crippen LogP contribution < -0.4 is 10.4 Å². The summed E-state index contributed by atoms with van der Waals surface area (Å²) in [6.45, 7) is 4.84.